The molecule has 0 aliphatic carbocycles. The molecule has 2 rings (SSSR count). The molecule has 0 aliphatic rings. The zero-order valence-corrected chi connectivity index (χ0v) is 11.3. The minimum absolute atomic E-state index is 0.0952. The fourth-order valence-electron chi connectivity index (χ4n) is 1.69. The number of halogens is 1. The van der Waals surface area contributed by atoms with Gasteiger partial charge in [-0.15, -0.1) is 12.6 Å². The summed E-state index contributed by atoms with van der Waals surface area (Å²) in [6, 6.07) is 12.8. The highest BCUT2D eigenvalue weighted by molar-refractivity contribution is 7.80. The van der Waals surface area contributed by atoms with Crippen LogP contribution in [0, 0.1) is 17.1 Å². The highest BCUT2D eigenvalue weighted by atomic mass is 32.1. The third-order valence-electron chi connectivity index (χ3n) is 2.67. The van der Waals surface area contributed by atoms with Crippen LogP contribution in [0.4, 0.5) is 10.1 Å². The smallest absolute Gasteiger partial charge is 0.228 e. The highest BCUT2D eigenvalue weighted by Gasteiger charge is 2.07. The van der Waals surface area contributed by atoms with Gasteiger partial charge in [0.05, 0.1) is 12.0 Å². The normalized spacial score (nSPS) is 9.85. The van der Waals surface area contributed by atoms with Crippen molar-refractivity contribution in [2.75, 3.05) is 5.32 Å². The van der Waals surface area contributed by atoms with Crippen molar-refractivity contribution in [1.82, 2.24) is 0 Å². The van der Waals surface area contributed by atoms with Crippen LogP contribution in [0.15, 0.2) is 47.4 Å². The molecule has 0 unspecified atom stereocenters. The van der Waals surface area contributed by atoms with Crippen molar-refractivity contribution in [3.8, 4) is 6.07 Å². The fourth-order valence-corrected chi connectivity index (χ4v) is 1.84. The van der Waals surface area contributed by atoms with E-state index in [9.17, 15) is 9.18 Å². The van der Waals surface area contributed by atoms with Crippen molar-refractivity contribution in [3.05, 3.63) is 59.4 Å². The Hall–Kier alpha value is -2.32. The fraction of sp³-hybridized carbons (Fsp3) is 0.0667. The van der Waals surface area contributed by atoms with Crippen molar-refractivity contribution in [2.45, 2.75) is 11.3 Å². The Bertz CT molecular complexity index is 677. The molecule has 5 heteroatoms. The minimum atomic E-state index is -0.602. The molecule has 0 aliphatic heterocycles. The number of thiol groups is 1. The number of carbonyl (C=O) groups excluding carboxylic acids is 1. The van der Waals surface area contributed by atoms with Crippen LogP contribution in [-0.4, -0.2) is 5.91 Å². The van der Waals surface area contributed by atoms with Gasteiger partial charge in [-0.25, -0.2) is 4.39 Å². The molecule has 100 valence electrons. The molecular formula is C15H11FN2OS. The quantitative estimate of drug-likeness (QED) is 0.852. The number of anilines is 1. The van der Waals surface area contributed by atoms with Crippen LogP contribution in [0.3, 0.4) is 0 Å². The number of amides is 1. The summed E-state index contributed by atoms with van der Waals surface area (Å²) in [6.07, 6.45) is 0.202. The summed E-state index contributed by atoms with van der Waals surface area (Å²) in [5.74, 6) is -0.831. The second kappa shape index (κ2) is 6.22. The molecule has 0 saturated heterocycles. The lowest BCUT2D eigenvalue weighted by Gasteiger charge is -2.06. The number of benzene rings is 2. The van der Waals surface area contributed by atoms with Crippen molar-refractivity contribution in [1.29, 1.82) is 5.26 Å². The van der Waals surface area contributed by atoms with E-state index in [1.807, 2.05) is 12.1 Å². The Kier molecular flexibility index (Phi) is 4.38. The van der Waals surface area contributed by atoms with Crippen molar-refractivity contribution in [3.63, 3.8) is 0 Å². The lowest BCUT2D eigenvalue weighted by Crippen LogP contribution is -2.14. The largest absolute Gasteiger partial charge is 0.326 e. The maximum atomic E-state index is 13.1. The zero-order valence-electron chi connectivity index (χ0n) is 10.4. The van der Waals surface area contributed by atoms with Crippen LogP contribution in [0.1, 0.15) is 11.1 Å². The van der Waals surface area contributed by atoms with Crippen molar-refractivity contribution >= 4 is 24.2 Å². The van der Waals surface area contributed by atoms with Gasteiger partial charge in [0.1, 0.15) is 11.9 Å². The molecule has 2 aromatic rings. The van der Waals surface area contributed by atoms with Crippen LogP contribution in [0.5, 0.6) is 0 Å². The van der Waals surface area contributed by atoms with Gasteiger partial charge < -0.3 is 5.32 Å². The molecule has 0 heterocycles. The maximum Gasteiger partial charge on any atom is 0.228 e. The molecule has 2 aromatic carbocycles. The number of rotatable bonds is 3. The minimum Gasteiger partial charge on any atom is -0.326 e. The van der Waals surface area contributed by atoms with E-state index in [1.165, 1.54) is 12.1 Å². The van der Waals surface area contributed by atoms with Gasteiger partial charge in [0.25, 0.3) is 0 Å². The van der Waals surface area contributed by atoms with Gasteiger partial charge in [-0.3, -0.25) is 4.79 Å². The monoisotopic (exact) mass is 286 g/mol. The molecule has 0 fully saturated rings. The van der Waals surface area contributed by atoms with Crippen LogP contribution in [0.25, 0.3) is 0 Å². The number of hydrogen-bond donors (Lipinski definition) is 2. The number of hydrogen-bond acceptors (Lipinski definition) is 3. The van der Waals surface area contributed by atoms with Gasteiger partial charge in [-0.2, -0.15) is 5.26 Å². The molecule has 0 spiro atoms. The number of nitrogens with zero attached hydrogens (tertiary/aromatic N) is 1. The summed E-state index contributed by atoms with van der Waals surface area (Å²) in [4.78, 5) is 12.7. The molecular weight excluding hydrogens is 275 g/mol. The first-order valence-corrected chi connectivity index (χ1v) is 6.30. The Morgan fingerprint density at radius 3 is 2.60 bits per heavy atom. The molecule has 0 bridgehead atoms. The first kappa shape index (κ1) is 14.1. The van der Waals surface area contributed by atoms with Gasteiger partial charge in [0, 0.05) is 10.6 Å². The standard InChI is InChI=1S/C15H11FN2OS/c16-14-6-3-12(8-11(14)9-17)18-15(19)7-10-1-4-13(20)5-2-10/h1-6,8,20H,7H2,(H,18,19). The molecule has 20 heavy (non-hydrogen) atoms. The Morgan fingerprint density at radius 2 is 1.95 bits per heavy atom. The summed E-state index contributed by atoms with van der Waals surface area (Å²) in [6.45, 7) is 0. The topological polar surface area (TPSA) is 52.9 Å². The van der Waals surface area contributed by atoms with E-state index in [0.29, 0.717) is 5.69 Å². The van der Waals surface area contributed by atoms with E-state index in [-0.39, 0.29) is 17.9 Å². The Labute approximate surface area is 121 Å². The lowest BCUT2D eigenvalue weighted by molar-refractivity contribution is -0.115. The van der Waals surface area contributed by atoms with E-state index < -0.39 is 5.82 Å². The van der Waals surface area contributed by atoms with Crippen LogP contribution in [-0.2, 0) is 11.2 Å². The van der Waals surface area contributed by atoms with E-state index >= 15 is 0 Å². The van der Waals surface area contributed by atoms with Gasteiger partial charge in [-0.05, 0) is 35.9 Å². The zero-order chi connectivity index (χ0) is 14.5. The second-order valence-corrected chi connectivity index (χ2v) is 4.71. The van der Waals surface area contributed by atoms with Crippen molar-refractivity contribution in [2.24, 2.45) is 0 Å². The van der Waals surface area contributed by atoms with Crippen LogP contribution >= 0.6 is 12.6 Å². The summed E-state index contributed by atoms with van der Waals surface area (Å²) in [7, 11) is 0. The van der Waals surface area contributed by atoms with E-state index in [4.69, 9.17) is 5.26 Å². The van der Waals surface area contributed by atoms with Gasteiger partial charge in [0.15, 0.2) is 0 Å². The second-order valence-electron chi connectivity index (χ2n) is 4.20. The van der Waals surface area contributed by atoms with E-state index in [2.05, 4.69) is 17.9 Å². The van der Waals surface area contributed by atoms with E-state index in [1.54, 1.807) is 18.2 Å². The number of nitrogens with one attached hydrogen (secondary N) is 1. The van der Waals surface area contributed by atoms with E-state index in [0.717, 1.165) is 16.5 Å². The first-order valence-electron chi connectivity index (χ1n) is 5.86. The maximum absolute atomic E-state index is 13.1. The Morgan fingerprint density at radius 1 is 1.25 bits per heavy atom. The summed E-state index contributed by atoms with van der Waals surface area (Å²) >= 11 is 4.17. The predicted octanol–water partition coefficient (Wildman–Crippen LogP) is 3.17. The molecule has 0 atom stereocenters. The molecule has 1 amide bonds. The SMILES string of the molecule is N#Cc1cc(NC(=O)Cc2ccc(S)cc2)ccc1F. The molecule has 0 aromatic heterocycles. The molecule has 1 N–H and O–H groups in total. The third-order valence-corrected chi connectivity index (χ3v) is 2.97. The molecule has 3 nitrogen and oxygen atoms in total. The lowest BCUT2D eigenvalue weighted by atomic mass is 10.1. The van der Waals surface area contributed by atoms with Gasteiger partial charge >= 0.3 is 0 Å². The molecule has 0 saturated carbocycles. The highest BCUT2D eigenvalue weighted by Crippen LogP contribution is 2.15. The number of nitriles is 1. The summed E-state index contributed by atoms with van der Waals surface area (Å²) in [5.41, 5.74) is 1.16. The van der Waals surface area contributed by atoms with Crippen LogP contribution in [0.2, 0.25) is 0 Å². The van der Waals surface area contributed by atoms with Gasteiger partial charge in [0.2, 0.25) is 5.91 Å². The average Bonchev–Trinajstić information content (AvgIpc) is 2.43. The summed E-state index contributed by atoms with van der Waals surface area (Å²) in [5, 5.41) is 11.4. The summed E-state index contributed by atoms with van der Waals surface area (Å²) < 4.78 is 13.1. The van der Waals surface area contributed by atoms with Crippen LogP contribution < -0.4 is 5.32 Å². The Balaban J connectivity index is 2.05. The average molecular weight is 286 g/mol. The molecule has 0 radical (unpaired) electrons. The third kappa shape index (κ3) is 3.59. The number of carbonyl (C=O) groups is 1. The van der Waals surface area contributed by atoms with Crippen molar-refractivity contribution < 1.29 is 9.18 Å². The predicted molar refractivity (Wildman–Crippen MR) is 77.1 cm³/mol. The first-order chi connectivity index (χ1) is 9.58. The van der Waals surface area contributed by atoms with Gasteiger partial charge in [-0.1, -0.05) is 12.1 Å².